The van der Waals surface area contributed by atoms with Gasteiger partial charge in [-0.1, -0.05) is 12.1 Å². The number of carbonyl (C=O) groups excluding carboxylic acids is 2. The second-order valence-corrected chi connectivity index (χ2v) is 10.4. The molecule has 8 nitrogen and oxygen atoms in total. The van der Waals surface area contributed by atoms with Gasteiger partial charge >= 0.3 is 0 Å². The molecule has 1 saturated heterocycles. The van der Waals surface area contributed by atoms with Crippen LogP contribution in [0, 0.1) is 17.6 Å². The summed E-state index contributed by atoms with van der Waals surface area (Å²) in [6, 6.07) is 11.2. The van der Waals surface area contributed by atoms with Crippen molar-refractivity contribution in [2.45, 2.75) is 45.4 Å². The van der Waals surface area contributed by atoms with Crippen molar-refractivity contribution >= 4 is 11.7 Å². The van der Waals surface area contributed by atoms with E-state index in [0.717, 1.165) is 5.56 Å². The third-order valence-corrected chi connectivity index (χ3v) is 7.79. The molecule has 0 saturated carbocycles. The monoisotopic (exact) mass is 550 g/mol. The van der Waals surface area contributed by atoms with Crippen molar-refractivity contribution in [1.82, 2.24) is 19.8 Å². The molecule has 1 atom stereocenters. The fourth-order valence-electron chi connectivity index (χ4n) is 5.38. The van der Waals surface area contributed by atoms with Crippen LogP contribution in [0.5, 0.6) is 0 Å². The Morgan fingerprint density at radius 1 is 1.07 bits per heavy atom. The number of amides is 1. The summed E-state index contributed by atoms with van der Waals surface area (Å²) in [5.74, 6) is -0.714. The molecule has 0 spiro atoms. The highest BCUT2D eigenvalue weighted by molar-refractivity contribution is 5.97. The highest BCUT2D eigenvalue weighted by Crippen LogP contribution is 2.25. The van der Waals surface area contributed by atoms with Gasteiger partial charge in [0.1, 0.15) is 17.5 Å². The molecule has 1 unspecified atom stereocenters. The maximum absolute atomic E-state index is 13.7. The molecule has 0 aliphatic carbocycles. The van der Waals surface area contributed by atoms with Crippen LogP contribution >= 0.6 is 0 Å². The molecule has 40 heavy (non-hydrogen) atoms. The number of rotatable bonds is 8. The maximum atomic E-state index is 13.7. The van der Waals surface area contributed by atoms with Crippen molar-refractivity contribution in [3.8, 4) is 0 Å². The standard InChI is InChI=1S/C30H32F2N4O4/c1-19(20-2-6-23(31)7-3-20)36(16-27-33-26-12-15-40-18-25(26)30(39)34-27)28(37)17-35-13-10-22(11-14-35)29(38)21-4-8-24(32)9-5-21/h2-9,19,22H,10-18H2,1H3,(H,33,34,39). The first kappa shape index (κ1) is 27.8. The van der Waals surface area contributed by atoms with Gasteiger partial charge in [-0.05, 0) is 74.8 Å². The van der Waals surface area contributed by atoms with Gasteiger partial charge < -0.3 is 14.6 Å². The Balaban J connectivity index is 1.29. The number of fused-ring (bicyclic) bond motifs is 1. The van der Waals surface area contributed by atoms with E-state index in [1.807, 2.05) is 11.8 Å². The summed E-state index contributed by atoms with van der Waals surface area (Å²) in [5.41, 5.74) is 2.17. The lowest BCUT2D eigenvalue weighted by atomic mass is 9.89. The molecule has 1 aromatic heterocycles. The molecule has 3 aromatic rings. The van der Waals surface area contributed by atoms with E-state index in [9.17, 15) is 23.2 Å². The number of hydrogen-bond donors (Lipinski definition) is 1. The Morgan fingerprint density at radius 3 is 2.40 bits per heavy atom. The molecule has 2 aliphatic rings. The number of aromatic amines is 1. The summed E-state index contributed by atoms with van der Waals surface area (Å²) in [4.78, 5) is 50.3. The van der Waals surface area contributed by atoms with E-state index in [1.165, 1.54) is 36.4 Å². The minimum absolute atomic E-state index is 0.00891. The lowest BCUT2D eigenvalue weighted by molar-refractivity contribution is -0.135. The highest BCUT2D eigenvalue weighted by atomic mass is 19.1. The zero-order chi connectivity index (χ0) is 28.2. The number of nitrogens with one attached hydrogen (secondary N) is 1. The zero-order valence-electron chi connectivity index (χ0n) is 22.4. The summed E-state index contributed by atoms with van der Waals surface area (Å²) in [7, 11) is 0. The Bertz CT molecular complexity index is 1420. The van der Waals surface area contributed by atoms with Crippen molar-refractivity contribution in [2.24, 2.45) is 5.92 Å². The van der Waals surface area contributed by atoms with Crippen molar-refractivity contribution in [3.05, 3.63) is 98.7 Å². The number of piperidine rings is 1. The predicted molar refractivity (Wildman–Crippen MR) is 143 cm³/mol. The molecule has 1 amide bonds. The van der Waals surface area contributed by atoms with Gasteiger partial charge in [0.15, 0.2) is 5.78 Å². The first-order chi connectivity index (χ1) is 19.3. The zero-order valence-corrected chi connectivity index (χ0v) is 22.4. The number of Topliss-reactive ketones (excluding diaryl/α,β-unsaturated/α-hetero) is 1. The number of hydrogen-bond acceptors (Lipinski definition) is 6. The lowest BCUT2D eigenvalue weighted by Gasteiger charge is -2.35. The molecular formula is C30H32F2N4O4. The Morgan fingerprint density at radius 2 is 1.73 bits per heavy atom. The van der Waals surface area contributed by atoms with Crippen LogP contribution in [0.1, 0.15) is 58.8 Å². The fourth-order valence-corrected chi connectivity index (χ4v) is 5.38. The van der Waals surface area contributed by atoms with E-state index < -0.39 is 6.04 Å². The lowest BCUT2D eigenvalue weighted by Crippen LogP contribution is -2.45. The Hall–Kier alpha value is -3.76. The molecule has 0 radical (unpaired) electrons. The normalized spacial score (nSPS) is 16.8. The number of nitrogens with zero attached hydrogens (tertiary/aromatic N) is 3. The van der Waals surface area contributed by atoms with Gasteiger partial charge in [0.05, 0.1) is 43.6 Å². The number of ether oxygens (including phenoxy) is 1. The number of H-pyrrole nitrogens is 1. The molecule has 0 bridgehead atoms. The van der Waals surface area contributed by atoms with Crippen LogP contribution < -0.4 is 5.56 Å². The second-order valence-electron chi connectivity index (χ2n) is 10.4. The van der Waals surface area contributed by atoms with Gasteiger partial charge in [0.25, 0.3) is 5.56 Å². The molecule has 2 aromatic carbocycles. The van der Waals surface area contributed by atoms with Crippen LogP contribution in [0.15, 0.2) is 53.3 Å². The van der Waals surface area contributed by atoms with Crippen molar-refractivity contribution in [3.63, 3.8) is 0 Å². The maximum Gasteiger partial charge on any atom is 0.256 e. The van der Waals surface area contributed by atoms with Gasteiger partial charge in [0, 0.05) is 17.9 Å². The number of ketones is 1. The van der Waals surface area contributed by atoms with Crippen molar-refractivity contribution in [1.29, 1.82) is 0 Å². The van der Waals surface area contributed by atoms with E-state index in [-0.39, 0.29) is 54.5 Å². The predicted octanol–water partition coefficient (Wildman–Crippen LogP) is 3.81. The van der Waals surface area contributed by atoms with Crippen molar-refractivity contribution < 1.29 is 23.1 Å². The molecule has 2 aliphatic heterocycles. The second kappa shape index (κ2) is 12.2. The van der Waals surface area contributed by atoms with E-state index in [2.05, 4.69) is 9.97 Å². The highest BCUT2D eigenvalue weighted by Gasteiger charge is 2.30. The fraction of sp³-hybridized carbons (Fsp3) is 0.400. The third-order valence-electron chi connectivity index (χ3n) is 7.79. The number of carbonyl (C=O) groups is 2. The van der Waals surface area contributed by atoms with E-state index in [1.54, 1.807) is 17.0 Å². The first-order valence-electron chi connectivity index (χ1n) is 13.5. The number of likely N-dealkylation sites (tertiary alicyclic amines) is 1. The number of benzene rings is 2. The van der Waals surface area contributed by atoms with Crippen LogP contribution in [-0.2, 0) is 29.1 Å². The van der Waals surface area contributed by atoms with E-state index >= 15 is 0 Å². The first-order valence-corrected chi connectivity index (χ1v) is 13.5. The summed E-state index contributed by atoms with van der Waals surface area (Å²) in [6.07, 6.45) is 1.72. The molecule has 210 valence electrons. The van der Waals surface area contributed by atoms with E-state index in [4.69, 9.17) is 4.74 Å². The average molecular weight is 551 g/mol. The number of aromatic nitrogens is 2. The quantitative estimate of drug-likeness (QED) is 0.429. The van der Waals surface area contributed by atoms with Crippen LogP contribution in [0.2, 0.25) is 0 Å². The summed E-state index contributed by atoms with van der Waals surface area (Å²) in [5, 5.41) is 0. The molecular weight excluding hydrogens is 518 g/mol. The Kier molecular flexibility index (Phi) is 8.46. The van der Waals surface area contributed by atoms with Crippen LogP contribution in [0.25, 0.3) is 0 Å². The Labute approximate surface area is 231 Å². The smallest absolute Gasteiger partial charge is 0.256 e. The summed E-state index contributed by atoms with van der Waals surface area (Å²) < 4.78 is 32.2. The molecule has 1 fully saturated rings. The van der Waals surface area contributed by atoms with E-state index in [0.29, 0.717) is 61.6 Å². The third kappa shape index (κ3) is 6.34. The van der Waals surface area contributed by atoms with Crippen LogP contribution in [0.3, 0.4) is 0 Å². The van der Waals surface area contributed by atoms with Gasteiger partial charge in [0.2, 0.25) is 5.91 Å². The number of halogens is 2. The van der Waals surface area contributed by atoms with Crippen LogP contribution in [0.4, 0.5) is 8.78 Å². The minimum Gasteiger partial charge on any atom is -0.376 e. The summed E-state index contributed by atoms with van der Waals surface area (Å²) in [6.45, 7) is 3.91. The molecule has 1 N–H and O–H groups in total. The molecule has 5 rings (SSSR count). The molecule has 3 heterocycles. The topological polar surface area (TPSA) is 95.6 Å². The summed E-state index contributed by atoms with van der Waals surface area (Å²) >= 11 is 0. The molecule has 10 heteroatoms. The van der Waals surface area contributed by atoms with Gasteiger partial charge in [-0.15, -0.1) is 0 Å². The van der Waals surface area contributed by atoms with Gasteiger partial charge in [-0.3, -0.25) is 19.3 Å². The minimum atomic E-state index is -0.407. The van der Waals surface area contributed by atoms with Gasteiger partial charge in [-0.25, -0.2) is 13.8 Å². The van der Waals surface area contributed by atoms with Crippen molar-refractivity contribution in [2.75, 3.05) is 26.2 Å². The van der Waals surface area contributed by atoms with Crippen LogP contribution in [-0.4, -0.2) is 57.7 Å². The average Bonchev–Trinajstić information content (AvgIpc) is 2.96. The van der Waals surface area contributed by atoms with Gasteiger partial charge in [-0.2, -0.15) is 0 Å². The largest absolute Gasteiger partial charge is 0.376 e. The SMILES string of the molecule is CC(c1ccc(F)cc1)N(Cc1nc2c(c(=O)[nH]1)COCC2)C(=O)CN1CCC(C(=O)c2ccc(F)cc2)CC1.